The van der Waals surface area contributed by atoms with Gasteiger partial charge in [0.15, 0.2) is 0 Å². The highest BCUT2D eigenvalue weighted by molar-refractivity contribution is 5.80. The highest BCUT2D eigenvalue weighted by Crippen LogP contribution is 2.44. The zero-order valence-corrected chi connectivity index (χ0v) is 19.0. The highest BCUT2D eigenvalue weighted by Gasteiger charge is 2.31. The number of nitrogens with one attached hydrogen (secondary N) is 2. The van der Waals surface area contributed by atoms with Crippen molar-refractivity contribution in [3.63, 3.8) is 0 Å². The highest BCUT2D eigenvalue weighted by atomic mass is 16.5. The normalized spacial score (nSPS) is 19.3. The molecule has 0 aliphatic heterocycles. The molecule has 1 fully saturated rings. The summed E-state index contributed by atoms with van der Waals surface area (Å²) in [6.07, 6.45) is 5.90. The summed E-state index contributed by atoms with van der Waals surface area (Å²) in [4.78, 5) is 35.5. The Bertz CT molecular complexity index is 1030. The number of fused-ring (bicyclic) bond motifs is 3. The average molecular weight is 463 g/mol. The molecular weight excluding hydrogens is 432 g/mol. The topological polar surface area (TPSA) is 105 Å². The third-order valence-corrected chi connectivity index (χ3v) is 6.68. The molecule has 0 radical (unpaired) electrons. The molecule has 7 heteroatoms. The van der Waals surface area contributed by atoms with Crippen LogP contribution in [0, 0.1) is 5.92 Å². The molecule has 34 heavy (non-hydrogen) atoms. The number of hydrogen-bond acceptors (Lipinski definition) is 4. The van der Waals surface area contributed by atoms with Gasteiger partial charge in [-0.05, 0) is 41.0 Å². The van der Waals surface area contributed by atoms with Crippen molar-refractivity contribution >= 4 is 18.0 Å². The minimum Gasteiger partial charge on any atom is -0.478 e. The number of aliphatic carboxylic acids is 1. The molecule has 178 valence electrons. The van der Waals surface area contributed by atoms with Gasteiger partial charge in [-0.3, -0.25) is 4.79 Å². The smallest absolute Gasteiger partial charge is 0.407 e. The van der Waals surface area contributed by atoms with Crippen molar-refractivity contribution in [1.29, 1.82) is 0 Å². The number of carboxylic acid groups (broad SMARTS) is 1. The maximum Gasteiger partial charge on any atom is 0.407 e. The lowest BCUT2D eigenvalue weighted by molar-refractivity contribution is -0.131. The summed E-state index contributed by atoms with van der Waals surface area (Å²) in [5.74, 6) is -1.17. The van der Waals surface area contributed by atoms with E-state index >= 15 is 0 Å². The Morgan fingerprint density at radius 1 is 0.971 bits per heavy atom. The second-order valence-electron chi connectivity index (χ2n) is 8.87. The number of carbonyl (C=O) groups is 3. The van der Waals surface area contributed by atoms with Crippen molar-refractivity contribution in [2.45, 2.75) is 44.1 Å². The first-order valence-electron chi connectivity index (χ1n) is 11.8. The summed E-state index contributed by atoms with van der Waals surface area (Å²) in [6, 6.07) is 16.3. The zero-order chi connectivity index (χ0) is 23.9. The molecular formula is C27H30N2O5. The Hall–Kier alpha value is -3.61. The first-order valence-corrected chi connectivity index (χ1v) is 11.8. The van der Waals surface area contributed by atoms with E-state index in [1.807, 2.05) is 24.3 Å². The fourth-order valence-corrected chi connectivity index (χ4v) is 5.08. The van der Waals surface area contributed by atoms with Crippen LogP contribution in [0.4, 0.5) is 4.79 Å². The van der Waals surface area contributed by atoms with Gasteiger partial charge in [0.05, 0.1) is 0 Å². The predicted octanol–water partition coefficient (Wildman–Crippen LogP) is 4.23. The monoisotopic (exact) mass is 462 g/mol. The Morgan fingerprint density at radius 3 is 2.29 bits per heavy atom. The lowest BCUT2D eigenvalue weighted by atomic mass is 9.82. The largest absolute Gasteiger partial charge is 0.478 e. The minimum absolute atomic E-state index is 0.00457. The number of ether oxygens (including phenoxy) is 1. The van der Waals surface area contributed by atoms with Crippen LogP contribution >= 0.6 is 0 Å². The van der Waals surface area contributed by atoms with Crippen LogP contribution < -0.4 is 10.6 Å². The number of carbonyl (C=O) groups excluding carboxylic acids is 2. The Balaban J connectivity index is 1.31. The Labute approximate surface area is 199 Å². The molecule has 1 saturated carbocycles. The van der Waals surface area contributed by atoms with Gasteiger partial charge in [-0.25, -0.2) is 9.59 Å². The van der Waals surface area contributed by atoms with Gasteiger partial charge in [0.1, 0.15) is 6.61 Å². The van der Waals surface area contributed by atoms with Gasteiger partial charge < -0.3 is 20.5 Å². The van der Waals surface area contributed by atoms with Crippen LogP contribution in [0.25, 0.3) is 11.1 Å². The van der Waals surface area contributed by atoms with E-state index in [4.69, 9.17) is 9.84 Å². The van der Waals surface area contributed by atoms with Crippen molar-refractivity contribution in [2.24, 2.45) is 5.92 Å². The number of rotatable bonds is 8. The van der Waals surface area contributed by atoms with E-state index in [1.54, 1.807) is 0 Å². The molecule has 0 bridgehead atoms. The molecule has 2 unspecified atom stereocenters. The first kappa shape index (κ1) is 23.5. The van der Waals surface area contributed by atoms with Crippen LogP contribution in [0.3, 0.4) is 0 Å². The lowest BCUT2D eigenvalue weighted by Gasteiger charge is -2.31. The molecule has 0 saturated heterocycles. The third kappa shape index (κ3) is 5.65. The second-order valence-corrected chi connectivity index (χ2v) is 8.87. The maximum absolute atomic E-state index is 12.7. The van der Waals surface area contributed by atoms with Crippen LogP contribution in [0.5, 0.6) is 0 Å². The molecule has 2 amide bonds. The summed E-state index contributed by atoms with van der Waals surface area (Å²) in [5, 5.41) is 14.3. The Morgan fingerprint density at radius 2 is 1.62 bits per heavy atom. The summed E-state index contributed by atoms with van der Waals surface area (Å²) >= 11 is 0. The number of hydrogen-bond donors (Lipinski definition) is 3. The number of alkyl carbamates (subject to hydrolysis) is 1. The molecule has 2 aromatic carbocycles. The van der Waals surface area contributed by atoms with Gasteiger partial charge in [0, 0.05) is 31.0 Å². The van der Waals surface area contributed by atoms with Crippen molar-refractivity contribution in [3.05, 3.63) is 71.8 Å². The Kier molecular flexibility index (Phi) is 7.62. The first-order chi connectivity index (χ1) is 16.5. The minimum atomic E-state index is -1.05. The fraction of sp³-hybridized carbons (Fsp3) is 0.370. The summed E-state index contributed by atoms with van der Waals surface area (Å²) in [7, 11) is 0. The third-order valence-electron chi connectivity index (χ3n) is 6.68. The van der Waals surface area contributed by atoms with Gasteiger partial charge in [-0.15, -0.1) is 0 Å². The van der Waals surface area contributed by atoms with E-state index in [2.05, 4.69) is 34.9 Å². The molecule has 2 aromatic rings. The molecule has 3 N–H and O–H groups in total. The average Bonchev–Trinajstić information content (AvgIpc) is 3.15. The standard InChI is InChI=1S/C27H30N2O5/c30-25(28-15-7-14-26(31)32)16-18-8-1-6-13-24(18)29-27(33)34-17-23-21-11-4-2-9-19(21)20-10-3-5-12-22(20)23/h2-5,7,9-12,14,18,23-24H,1,6,8,13,15-17H2,(H,28,30)(H,29,33)(H,31,32)/b14-7+. The number of benzene rings is 2. The van der Waals surface area contributed by atoms with Crippen LogP contribution in [0.15, 0.2) is 60.7 Å². The van der Waals surface area contributed by atoms with Gasteiger partial charge in [-0.1, -0.05) is 67.4 Å². The molecule has 0 heterocycles. The molecule has 7 nitrogen and oxygen atoms in total. The van der Waals surface area contributed by atoms with Crippen LogP contribution in [0.2, 0.25) is 0 Å². The predicted molar refractivity (Wildman–Crippen MR) is 128 cm³/mol. The van der Waals surface area contributed by atoms with Gasteiger partial charge in [0.25, 0.3) is 0 Å². The molecule has 0 spiro atoms. The SMILES string of the molecule is O=C(O)/C=C/CNC(=O)CC1CCCCC1NC(=O)OCC1c2ccccc2-c2ccccc21. The van der Waals surface area contributed by atoms with Crippen LogP contribution in [-0.2, 0) is 14.3 Å². The van der Waals surface area contributed by atoms with E-state index in [1.165, 1.54) is 28.3 Å². The van der Waals surface area contributed by atoms with Gasteiger partial charge in [-0.2, -0.15) is 0 Å². The van der Waals surface area contributed by atoms with Crippen molar-refractivity contribution in [2.75, 3.05) is 13.2 Å². The lowest BCUT2D eigenvalue weighted by Crippen LogP contribution is -2.44. The van der Waals surface area contributed by atoms with Gasteiger partial charge in [0.2, 0.25) is 5.91 Å². The molecule has 0 aromatic heterocycles. The summed E-state index contributed by atoms with van der Waals surface area (Å²) < 4.78 is 5.68. The molecule has 4 rings (SSSR count). The van der Waals surface area contributed by atoms with Crippen LogP contribution in [0.1, 0.15) is 49.1 Å². The zero-order valence-electron chi connectivity index (χ0n) is 19.0. The molecule has 2 aliphatic rings. The van der Waals surface area contributed by atoms with Crippen molar-refractivity contribution in [3.8, 4) is 11.1 Å². The van der Waals surface area contributed by atoms with Crippen molar-refractivity contribution < 1.29 is 24.2 Å². The van der Waals surface area contributed by atoms with E-state index in [-0.39, 0.29) is 43.4 Å². The second kappa shape index (κ2) is 11.0. The molecule has 2 atom stereocenters. The maximum atomic E-state index is 12.7. The van der Waals surface area contributed by atoms with E-state index in [9.17, 15) is 14.4 Å². The van der Waals surface area contributed by atoms with E-state index in [0.29, 0.717) is 0 Å². The summed E-state index contributed by atoms with van der Waals surface area (Å²) in [6.45, 7) is 0.427. The molecule has 2 aliphatic carbocycles. The summed E-state index contributed by atoms with van der Waals surface area (Å²) in [5.41, 5.74) is 4.70. The number of carboxylic acids is 1. The van der Waals surface area contributed by atoms with E-state index < -0.39 is 12.1 Å². The quantitative estimate of drug-likeness (QED) is 0.509. The van der Waals surface area contributed by atoms with E-state index in [0.717, 1.165) is 31.8 Å². The van der Waals surface area contributed by atoms with Crippen molar-refractivity contribution in [1.82, 2.24) is 10.6 Å². The van der Waals surface area contributed by atoms with Gasteiger partial charge >= 0.3 is 12.1 Å². The fourth-order valence-electron chi connectivity index (χ4n) is 5.08. The number of amides is 2. The van der Waals surface area contributed by atoms with Crippen LogP contribution in [-0.4, -0.2) is 42.3 Å².